The fraction of sp³-hybridized carbons (Fsp3) is 0.0952. The van der Waals surface area contributed by atoms with Gasteiger partial charge in [-0.1, -0.05) is 0 Å². The molecule has 0 saturated heterocycles. The molecular weight excluding hydrogens is 391 g/mol. The first-order valence-electron chi connectivity index (χ1n) is 8.80. The third kappa shape index (κ3) is 3.74. The van der Waals surface area contributed by atoms with Gasteiger partial charge < -0.3 is 15.3 Å². The number of thiazole rings is 1. The number of aliphatic hydroxyl groups is 1. The molecule has 2 aromatic carbocycles. The van der Waals surface area contributed by atoms with Gasteiger partial charge in [-0.2, -0.15) is 0 Å². The van der Waals surface area contributed by atoms with Gasteiger partial charge in [-0.05, 0) is 48.5 Å². The summed E-state index contributed by atoms with van der Waals surface area (Å²) >= 11 is 1.32. The molecule has 0 bridgehead atoms. The Morgan fingerprint density at radius 2 is 1.90 bits per heavy atom. The van der Waals surface area contributed by atoms with Crippen LogP contribution in [0.2, 0.25) is 0 Å². The SMILES string of the molecule is CC(=O)Nc1ccc(N2CC(O)=C(c3nc(-c4ccc(F)cc4)cs3)C2=N)cc1. The van der Waals surface area contributed by atoms with Crippen molar-refractivity contribution in [3.05, 3.63) is 70.5 Å². The molecule has 0 aliphatic carbocycles. The second kappa shape index (κ2) is 7.48. The normalized spacial score (nSPS) is 13.9. The zero-order valence-corrected chi connectivity index (χ0v) is 16.3. The highest BCUT2D eigenvalue weighted by molar-refractivity contribution is 7.11. The molecule has 0 unspecified atom stereocenters. The number of carbonyl (C=O) groups is 1. The van der Waals surface area contributed by atoms with E-state index >= 15 is 0 Å². The number of hydrogen-bond acceptors (Lipinski definition) is 5. The summed E-state index contributed by atoms with van der Waals surface area (Å²) in [5.41, 5.74) is 3.20. The number of carbonyl (C=O) groups excluding carboxylic acids is 1. The van der Waals surface area contributed by atoms with Crippen LogP contribution in [0, 0.1) is 11.2 Å². The monoisotopic (exact) mass is 408 g/mol. The predicted octanol–water partition coefficient (Wildman–Crippen LogP) is 4.67. The number of hydrogen-bond donors (Lipinski definition) is 3. The Kier molecular flexibility index (Phi) is 4.85. The van der Waals surface area contributed by atoms with Crippen molar-refractivity contribution >= 4 is 40.0 Å². The highest BCUT2D eigenvalue weighted by Crippen LogP contribution is 2.34. The van der Waals surface area contributed by atoms with Gasteiger partial charge in [0.2, 0.25) is 5.91 Å². The minimum Gasteiger partial charge on any atom is -0.510 e. The molecule has 8 heteroatoms. The Morgan fingerprint density at radius 1 is 1.21 bits per heavy atom. The van der Waals surface area contributed by atoms with Crippen molar-refractivity contribution in [1.29, 1.82) is 5.41 Å². The van der Waals surface area contributed by atoms with E-state index in [1.165, 1.54) is 30.4 Å². The van der Waals surface area contributed by atoms with Crippen molar-refractivity contribution < 1.29 is 14.3 Å². The molecular formula is C21H17FN4O2S. The quantitative estimate of drug-likeness (QED) is 0.585. The first kappa shape index (κ1) is 18.8. The number of aliphatic hydroxyl groups excluding tert-OH is 1. The van der Waals surface area contributed by atoms with Gasteiger partial charge in [0.05, 0.1) is 17.8 Å². The minimum absolute atomic E-state index is 0.0703. The van der Waals surface area contributed by atoms with Crippen LogP contribution < -0.4 is 10.2 Å². The molecule has 4 rings (SSSR count). The second-order valence-corrected chi connectivity index (χ2v) is 7.39. The smallest absolute Gasteiger partial charge is 0.221 e. The van der Waals surface area contributed by atoms with E-state index in [4.69, 9.17) is 5.41 Å². The van der Waals surface area contributed by atoms with Crippen LogP contribution in [0.4, 0.5) is 15.8 Å². The molecule has 0 saturated carbocycles. The van der Waals surface area contributed by atoms with Crippen molar-refractivity contribution in [3.63, 3.8) is 0 Å². The van der Waals surface area contributed by atoms with Gasteiger partial charge in [-0.15, -0.1) is 11.3 Å². The van der Waals surface area contributed by atoms with Gasteiger partial charge >= 0.3 is 0 Å². The van der Waals surface area contributed by atoms with Gasteiger partial charge in [0.25, 0.3) is 0 Å². The molecule has 0 fully saturated rings. The Morgan fingerprint density at radius 3 is 2.55 bits per heavy atom. The summed E-state index contributed by atoms with van der Waals surface area (Å²) in [5.74, 6) is -0.257. The van der Waals surface area contributed by atoms with E-state index in [0.29, 0.717) is 22.0 Å². The average Bonchev–Trinajstić information content (AvgIpc) is 3.27. The third-order valence-electron chi connectivity index (χ3n) is 4.46. The van der Waals surface area contributed by atoms with Gasteiger partial charge in [-0.3, -0.25) is 10.2 Å². The number of halogens is 1. The molecule has 6 nitrogen and oxygen atoms in total. The Bertz CT molecular complexity index is 1120. The van der Waals surface area contributed by atoms with E-state index in [1.54, 1.807) is 41.3 Å². The summed E-state index contributed by atoms with van der Waals surface area (Å²) < 4.78 is 13.1. The molecule has 2 heterocycles. The fourth-order valence-electron chi connectivity index (χ4n) is 3.09. The lowest BCUT2D eigenvalue weighted by Crippen LogP contribution is -2.26. The molecule has 146 valence electrons. The summed E-state index contributed by atoms with van der Waals surface area (Å²) in [4.78, 5) is 17.3. The maximum absolute atomic E-state index is 13.1. The molecule has 3 aromatic rings. The number of aromatic nitrogens is 1. The number of amidine groups is 1. The van der Waals surface area contributed by atoms with Crippen LogP contribution in [0.25, 0.3) is 16.8 Å². The molecule has 0 radical (unpaired) electrons. The van der Waals surface area contributed by atoms with Gasteiger partial charge in [0.1, 0.15) is 22.4 Å². The standard InChI is InChI=1S/C21H17FN4O2S/c1-12(27)24-15-6-8-16(9-7-15)26-10-18(28)19(20(26)23)21-25-17(11-29-21)13-2-4-14(22)5-3-13/h2-9,11,23,28H,10H2,1H3,(H,24,27). The summed E-state index contributed by atoms with van der Waals surface area (Å²) in [6.07, 6.45) is 0. The van der Waals surface area contributed by atoms with Gasteiger partial charge in [0, 0.05) is 29.2 Å². The van der Waals surface area contributed by atoms with Gasteiger partial charge in [-0.25, -0.2) is 9.37 Å². The van der Waals surface area contributed by atoms with Crippen LogP contribution >= 0.6 is 11.3 Å². The Balaban J connectivity index is 1.57. The highest BCUT2D eigenvalue weighted by Gasteiger charge is 2.31. The van der Waals surface area contributed by atoms with E-state index in [-0.39, 0.29) is 29.9 Å². The van der Waals surface area contributed by atoms with E-state index < -0.39 is 0 Å². The molecule has 3 N–H and O–H groups in total. The molecule has 1 amide bonds. The first-order chi connectivity index (χ1) is 13.9. The largest absolute Gasteiger partial charge is 0.510 e. The minimum atomic E-state index is -0.317. The maximum Gasteiger partial charge on any atom is 0.221 e. The summed E-state index contributed by atoms with van der Waals surface area (Å²) in [7, 11) is 0. The van der Waals surface area contributed by atoms with Crippen LogP contribution in [0.1, 0.15) is 11.9 Å². The zero-order chi connectivity index (χ0) is 20.5. The van der Waals surface area contributed by atoms with Crippen molar-refractivity contribution in [1.82, 2.24) is 4.98 Å². The summed E-state index contributed by atoms with van der Waals surface area (Å²) in [5, 5.41) is 24.1. The number of nitrogens with zero attached hydrogens (tertiary/aromatic N) is 2. The number of amides is 1. The molecule has 1 aromatic heterocycles. The molecule has 29 heavy (non-hydrogen) atoms. The zero-order valence-electron chi connectivity index (χ0n) is 15.4. The van der Waals surface area contributed by atoms with Gasteiger partial charge in [0.15, 0.2) is 0 Å². The van der Waals surface area contributed by atoms with Crippen LogP contribution in [0.15, 0.2) is 59.7 Å². The van der Waals surface area contributed by atoms with Crippen molar-refractivity contribution in [2.75, 3.05) is 16.8 Å². The number of rotatable bonds is 4. The first-order valence-corrected chi connectivity index (χ1v) is 9.68. The maximum atomic E-state index is 13.1. The van der Waals surface area contributed by atoms with Crippen LogP contribution in [-0.2, 0) is 4.79 Å². The summed E-state index contributed by atoms with van der Waals surface area (Å²) in [6.45, 7) is 1.60. The van der Waals surface area contributed by atoms with E-state index in [0.717, 1.165) is 11.3 Å². The number of benzene rings is 2. The van der Waals surface area contributed by atoms with Crippen LogP contribution in [0.5, 0.6) is 0 Å². The highest BCUT2D eigenvalue weighted by atomic mass is 32.1. The Hall–Kier alpha value is -3.52. The van der Waals surface area contributed by atoms with E-state index in [2.05, 4.69) is 10.3 Å². The van der Waals surface area contributed by atoms with Crippen LogP contribution in [0.3, 0.4) is 0 Å². The third-order valence-corrected chi connectivity index (χ3v) is 5.32. The fourth-order valence-corrected chi connectivity index (χ4v) is 3.99. The van der Waals surface area contributed by atoms with E-state index in [1.807, 2.05) is 5.38 Å². The van der Waals surface area contributed by atoms with Crippen molar-refractivity contribution in [3.8, 4) is 11.3 Å². The molecule has 0 atom stereocenters. The lowest BCUT2D eigenvalue weighted by Gasteiger charge is -2.19. The molecule has 1 aliphatic heterocycles. The number of anilines is 2. The Labute approximate surface area is 170 Å². The van der Waals surface area contributed by atoms with Crippen molar-refractivity contribution in [2.24, 2.45) is 0 Å². The van der Waals surface area contributed by atoms with Crippen molar-refractivity contribution in [2.45, 2.75) is 6.92 Å². The lowest BCUT2D eigenvalue weighted by atomic mass is 10.2. The average molecular weight is 408 g/mol. The second-order valence-electron chi connectivity index (χ2n) is 6.53. The number of nitrogens with one attached hydrogen (secondary N) is 2. The lowest BCUT2D eigenvalue weighted by molar-refractivity contribution is -0.114. The van der Waals surface area contributed by atoms with E-state index in [9.17, 15) is 14.3 Å². The molecule has 0 spiro atoms. The predicted molar refractivity (Wildman–Crippen MR) is 113 cm³/mol. The molecule has 1 aliphatic rings. The summed E-state index contributed by atoms with van der Waals surface area (Å²) in [6, 6.07) is 13.1. The topological polar surface area (TPSA) is 89.3 Å². The van der Waals surface area contributed by atoms with Crippen LogP contribution in [-0.4, -0.2) is 28.4 Å².